The number of para-hydroxylation sites is 1. The van der Waals surface area contributed by atoms with E-state index in [2.05, 4.69) is 122 Å². The van der Waals surface area contributed by atoms with Crippen LogP contribution < -0.4 is 10.6 Å². The smallest absolute Gasteiger partial charge is 0.192 e. The van der Waals surface area contributed by atoms with Gasteiger partial charge >= 0.3 is 0 Å². The zero-order chi connectivity index (χ0) is 47.4. The van der Waals surface area contributed by atoms with Gasteiger partial charge in [0.1, 0.15) is 23.6 Å². The summed E-state index contributed by atoms with van der Waals surface area (Å²) >= 11 is 13.0. The van der Waals surface area contributed by atoms with E-state index in [1.807, 2.05) is 53.2 Å². The predicted molar refractivity (Wildman–Crippen MR) is 266 cm³/mol. The van der Waals surface area contributed by atoms with Crippen LogP contribution >= 0.6 is 23.2 Å². The van der Waals surface area contributed by atoms with E-state index in [9.17, 15) is 9.65 Å². The molecule has 0 amide bonds. The Labute approximate surface area is 397 Å². The van der Waals surface area contributed by atoms with Crippen molar-refractivity contribution in [2.75, 3.05) is 23.7 Å². The SMILES string of the molecule is CC(C)(C)N1CCC(n2cc(C(Nc3cc(Cl)c4ncc(C#N)c(Nc5ccc(F)c(Cl)c5)c4c3)c3cccc(CO[Si](C)(C)C(C)(C)C)c3)nn2)CC1.N#Cc1cnc2ccccc2c1. The maximum atomic E-state index is 14.0. The van der Waals surface area contributed by atoms with Crippen LogP contribution in [0.3, 0.4) is 0 Å². The summed E-state index contributed by atoms with van der Waals surface area (Å²) in [6, 6.07) is 30.1. The number of hydrogen-bond acceptors (Lipinski definition) is 10. The largest absolute Gasteiger partial charge is 0.413 e. The second-order valence-electron chi connectivity index (χ2n) is 19.2. The second-order valence-corrected chi connectivity index (χ2v) is 24.8. The number of rotatable bonds is 10. The summed E-state index contributed by atoms with van der Waals surface area (Å²) in [5, 5.41) is 37.1. The first-order chi connectivity index (χ1) is 31.3. The minimum Gasteiger partial charge on any atom is -0.413 e. The summed E-state index contributed by atoms with van der Waals surface area (Å²) in [6.45, 7) is 20.5. The third-order valence-corrected chi connectivity index (χ3v) is 17.6. The minimum atomic E-state index is -1.99. The highest BCUT2D eigenvalue weighted by molar-refractivity contribution is 6.74. The molecule has 11 nitrogen and oxygen atoms in total. The van der Waals surface area contributed by atoms with E-state index >= 15 is 0 Å². The van der Waals surface area contributed by atoms with Crippen molar-refractivity contribution in [3.8, 4) is 12.1 Å². The van der Waals surface area contributed by atoms with Crippen molar-refractivity contribution < 1.29 is 8.82 Å². The van der Waals surface area contributed by atoms with Gasteiger partial charge in [0.15, 0.2) is 8.32 Å². The van der Waals surface area contributed by atoms with Crippen molar-refractivity contribution in [1.82, 2.24) is 29.9 Å². The molecule has 0 spiro atoms. The Balaban J connectivity index is 0.000000464. The molecule has 340 valence electrons. The zero-order valence-electron chi connectivity index (χ0n) is 38.6. The third-order valence-electron chi connectivity index (χ3n) is 12.6. The molecule has 0 saturated carbocycles. The monoisotopic (exact) mass is 940 g/mol. The van der Waals surface area contributed by atoms with Crippen LogP contribution in [0.1, 0.15) is 94.4 Å². The molecule has 1 atom stereocenters. The molecule has 15 heteroatoms. The molecule has 1 aliphatic rings. The molecule has 2 N–H and O–H groups in total. The van der Waals surface area contributed by atoms with E-state index in [1.54, 1.807) is 12.3 Å². The molecule has 0 radical (unpaired) electrons. The van der Waals surface area contributed by atoms with Crippen LogP contribution in [-0.4, -0.2) is 56.8 Å². The lowest BCUT2D eigenvalue weighted by Gasteiger charge is -2.40. The van der Waals surface area contributed by atoms with Gasteiger partial charge in [0.05, 0.1) is 62.8 Å². The topological polar surface area (TPSA) is 141 Å². The first-order valence-electron chi connectivity index (χ1n) is 22.0. The van der Waals surface area contributed by atoms with Crippen molar-refractivity contribution in [1.29, 1.82) is 10.5 Å². The molecule has 4 heterocycles. The molecule has 1 fully saturated rings. The number of anilines is 3. The van der Waals surface area contributed by atoms with E-state index < -0.39 is 20.2 Å². The minimum absolute atomic E-state index is 0.0372. The number of halogens is 3. The Bertz CT molecular complexity index is 2940. The summed E-state index contributed by atoms with van der Waals surface area (Å²) in [4.78, 5) is 11.2. The number of fused-ring (bicyclic) bond motifs is 2. The number of hydrogen-bond donors (Lipinski definition) is 2. The normalized spacial score (nSPS) is 14.3. The van der Waals surface area contributed by atoms with Crippen LogP contribution in [0.4, 0.5) is 21.5 Å². The first-order valence-corrected chi connectivity index (χ1v) is 25.7. The average Bonchev–Trinajstić information content (AvgIpc) is 3.79. The van der Waals surface area contributed by atoms with Crippen LogP contribution in [0.25, 0.3) is 21.8 Å². The van der Waals surface area contributed by atoms with Crippen LogP contribution in [0.2, 0.25) is 28.2 Å². The number of likely N-dealkylation sites (tertiary alicyclic amines) is 1. The van der Waals surface area contributed by atoms with Crippen molar-refractivity contribution in [3.63, 3.8) is 0 Å². The van der Waals surface area contributed by atoms with Crippen LogP contribution in [0.5, 0.6) is 0 Å². The molecule has 7 aromatic rings. The van der Waals surface area contributed by atoms with Gasteiger partial charge in [-0.15, -0.1) is 5.10 Å². The molecule has 0 bridgehead atoms. The fourth-order valence-corrected chi connectivity index (χ4v) is 9.06. The number of aromatic nitrogens is 5. The zero-order valence-corrected chi connectivity index (χ0v) is 41.1. The Kier molecular flexibility index (Phi) is 14.5. The maximum absolute atomic E-state index is 14.0. The fourth-order valence-electron chi connectivity index (χ4n) is 7.65. The second kappa shape index (κ2) is 19.9. The van der Waals surface area contributed by atoms with E-state index in [1.165, 1.54) is 18.3 Å². The molecule has 1 aliphatic heterocycles. The predicted octanol–water partition coefficient (Wildman–Crippen LogP) is 13.2. The summed E-state index contributed by atoms with van der Waals surface area (Å²) in [5.74, 6) is -0.536. The summed E-state index contributed by atoms with van der Waals surface area (Å²) in [6.07, 6.45) is 7.09. The van der Waals surface area contributed by atoms with Crippen molar-refractivity contribution in [2.45, 2.75) is 96.7 Å². The first kappa shape index (κ1) is 48.0. The maximum Gasteiger partial charge on any atom is 0.192 e. The van der Waals surface area contributed by atoms with Gasteiger partial charge in [0.2, 0.25) is 0 Å². The van der Waals surface area contributed by atoms with Gasteiger partial charge in [-0.2, -0.15) is 10.5 Å². The lowest BCUT2D eigenvalue weighted by molar-refractivity contribution is 0.0866. The molecule has 0 aliphatic carbocycles. The molecule has 66 heavy (non-hydrogen) atoms. The number of benzene rings is 4. The molecular weight excluding hydrogens is 887 g/mol. The summed E-state index contributed by atoms with van der Waals surface area (Å²) in [5.41, 5.74) is 6.94. The molecular formula is C51H55Cl2FN10OSi. The Morgan fingerprint density at radius 1 is 0.864 bits per heavy atom. The van der Waals surface area contributed by atoms with Gasteiger partial charge in [0, 0.05) is 53.2 Å². The van der Waals surface area contributed by atoms with E-state index in [-0.39, 0.29) is 21.6 Å². The highest BCUT2D eigenvalue weighted by atomic mass is 35.5. The fraction of sp³-hybridized carbons (Fsp3) is 0.333. The third kappa shape index (κ3) is 11.2. The lowest BCUT2D eigenvalue weighted by Crippen LogP contribution is -2.46. The van der Waals surface area contributed by atoms with E-state index in [0.29, 0.717) is 50.7 Å². The van der Waals surface area contributed by atoms with Gasteiger partial charge in [-0.3, -0.25) is 14.9 Å². The molecule has 1 unspecified atom stereocenters. The summed E-state index contributed by atoms with van der Waals surface area (Å²) < 4.78 is 22.6. The van der Waals surface area contributed by atoms with E-state index in [4.69, 9.17) is 38.0 Å². The van der Waals surface area contributed by atoms with Crippen LogP contribution in [0.15, 0.2) is 104 Å². The number of piperidine rings is 1. The van der Waals surface area contributed by atoms with Gasteiger partial charge < -0.3 is 15.1 Å². The number of pyridine rings is 2. The highest BCUT2D eigenvalue weighted by Gasteiger charge is 2.37. The highest BCUT2D eigenvalue weighted by Crippen LogP contribution is 2.39. The van der Waals surface area contributed by atoms with Gasteiger partial charge in [-0.1, -0.05) is 91.7 Å². The van der Waals surface area contributed by atoms with Crippen molar-refractivity contribution in [3.05, 3.63) is 147 Å². The van der Waals surface area contributed by atoms with Gasteiger partial charge in [-0.25, -0.2) is 9.07 Å². The molecule has 1 saturated heterocycles. The quantitative estimate of drug-likeness (QED) is 0.127. The number of nitrogens with one attached hydrogen (secondary N) is 2. The molecule has 4 aromatic carbocycles. The Hall–Kier alpha value is -5.93. The lowest BCUT2D eigenvalue weighted by atomic mass is 9.98. The number of nitrogens with zero attached hydrogens (tertiary/aromatic N) is 8. The average molecular weight is 942 g/mol. The van der Waals surface area contributed by atoms with Crippen molar-refractivity contribution >= 4 is 70.4 Å². The van der Waals surface area contributed by atoms with Crippen molar-refractivity contribution in [2.24, 2.45) is 0 Å². The van der Waals surface area contributed by atoms with Crippen LogP contribution in [0, 0.1) is 28.5 Å². The Morgan fingerprint density at radius 3 is 2.30 bits per heavy atom. The van der Waals surface area contributed by atoms with E-state index in [0.717, 1.165) is 53.7 Å². The molecule has 3 aromatic heterocycles. The Morgan fingerprint density at radius 2 is 1.61 bits per heavy atom. The summed E-state index contributed by atoms with van der Waals surface area (Å²) in [7, 11) is -1.99. The molecule has 8 rings (SSSR count). The standard InChI is InChI=1S/C41H49Cl2FN8OSi.C10H6N2/c1-40(2,3)51-16-14-31(15-17-51)52-24-36(49-50-52)38(27-11-9-10-26(18-27)25-53-54(7,8)41(4,5)6)48-30-19-32-37(47-29-12-13-35(44)33(42)20-29)28(22-45)23-46-39(32)34(43)21-30;11-6-8-5-9-3-1-2-4-10(9)12-7-8/h9-13,18-21,23-24,31,38,48H,14-17,25H2,1-8H3,(H,46,47);1-5,7H. The van der Waals surface area contributed by atoms with Gasteiger partial charge in [0.25, 0.3) is 0 Å². The number of nitriles is 2. The van der Waals surface area contributed by atoms with Crippen LogP contribution in [-0.2, 0) is 11.0 Å². The van der Waals surface area contributed by atoms with Gasteiger partial charge in [-0.05, 0) is 105 Å².